The molecule has 2 atom stereocenters. The van der Waals surface area contributed by atoms with Gasteiger partial charge in [-0.3, -0.25) is 0 Å². The molecule has 1 rings (SSSR count). The number of sulfonamides is 1. The van der Waals surface area contributed by atoms with Crippen molar-refractivity contribution in [2.45, 2.75) is 31.6 Å². The highest BCUT2D eigenvalue weighted by molar-refractivity contribution is 7.90. The number of rotatable bonds is 7. The van der Waals surface area contributed by atoms with E-state index in [-0.39, 0.29) is 6.04 Å². The highest BCUT2D eigenvalue weighted by Gasteiger charge is 2.24. The van der Waals surface area contributed by atoms with Crippen LogP contribution in [0.3, 0.4) is 0 Å². The van der Waals surface area contributed by atoms with Gasteiger partial charge in [-0.1, -0.05) is 6.92 Å². The van der Waals surface area contributed by atoms with Gasteiger partial charge in [-0.05, 0) is 20.4 Å². The molecule has 0 saturated heterocycles. The monoisotopic (exact) mass is 277 g/mol. The van der Waals surface area contributed by atoms with Gasteiger partial charge in [0.25, 0.3) is 0 Å². The van der Waals surface area contributed by atoms with E-state index in [1.165, 1.54) is 11.3 Å². The van der Waals surface area contributed by atoms with E-state index in [0.717, 1.165) is 5.01 Å². The Morgan fingerprint density at radius 1 is 1.53 bits per heavy atom. The van der Waals surface area contributed by atoms with Gasteiger partial charge in [0.05, 0.1) is 11.3 Å². The molecule has 0 radical (unpaired) electrons. The molecule has 7 heteroatoms. The Balaban J connectivity index is 2.75. The topological polar surface area (TPSA) is 71.1 Å². The molecule has 0 fully saturated rings. The van der Waals surface area contributed by atoms with Crippen molar-refractivity contribution in [1.29, 1.82) is 0 Å². The molecule has 1 heterocycles. The van der Waals surface area contributed by atoms with E-state index >= 15 is 0 Å². The molecule has 0 amide bonds. The first-order valence-corrected chi connectivity index (χ1v) is 7.99. The highest BCUT2D eigenvalue weighted by atomic mass is 32.2. The first-order valence-electron chi connectivity index (χ1n) is 5.56. The Hall–Kier alpha value is -0.500. The third-order valence-corrected chi connectivity index (χ3v) is 5.21. The minimum absolute atomic E-state index is 0.223. The maximum atomic E-state index is 12.0. The van der Waals surface area contributed by atoms with E-state index in [9.17, 15) is 8.42 Å². The van der Waals surface area contributed by atoms with Crippen LogP contribution in [0.1, 0.15) is 31.3 Å². The number of thiazole rings is 1. The summed E-state index contributed by atoms with van der Waals surface area (Å²) in [6.07, 6.45) is 2.38. The van der Waals surface area contributed by atoms with Crippen LogP contribution in [0.4, 0.5) is 0 Å². The Morgan fingerprint density at radius 3 is 2.71 bits per heavy atom. The lowest BCUT2D eigenvalue weighted by atomic mass is 10.3. The highest BCUT2D eigenvalue weighted by Crippen LogP contribution is 2.20. The fourth-order valence-electron chi connectivity index (χ4n) is 1.43. The summed E-state index contributed by atoms with van der Waals surface area (Å²) < 4.78 is 26.7. The van der Waals surface area contributed by atoms with Gasteiger partial charge >= 0.3 is 0 Å². The van der Waals surface area contributed by atoms with Crippen molar-refractivity contribution in [3.63, 3.8) is 0 Å². The minimum atomic E-state index is -3.31. The first kappa shape index (κ1) is 14.6. The second kappa shape index (κ2) is 6.44. The molecule has 0 aliphatic heterocycles. The summed E-state index contributed by atoms with van der Waals surface area (Å²) in [6, 6.07) is -0.223. The van der Waals surface area contributed by atoms with Gasteiger partial charge in [-0.2, -0.15) is 0 Å². The molecule has 2 N–H and O–H groups in total. The first-order chi connectivity index (χ1) is 8.01. The second-order valence-electron chi connectivity index (χ2n) is 3.86. The quantitative estimate of drug-likeness (QED) is 0.783. The van der Waals surface area contributed by atoms with Gasteiger partial charge in [0.1, 0.15) is 5.01 Å². The van der Waals surface area contributed by atoms with Crippen LogP contribution in [-0.2, 0) is 10.0 Å². The largest absolute Gasteiger partial charge is 0.318 e. The summed E-state index contributed by atoms with van der Waals surface area (Å²) in [4.78, 5) is 4.15. The average molecular weight is 277 g/mol. The predicted octanol–water partition coefficient (Wildman–Crippen LogP) is 1.12. The lowest BCUT2D eigenvalue weighted by Crippen LogP contribution is -2.39. The summed E-state index contributed by atoms with van der Waals surface area (Å²) in [5, 5.41) is 5.07. The number of hydrogen-bond donors (Lipinski definition) is 2. The molecule has 0 aliphatic rings. The van der Waals surface area contributed by atoms with Gasteiger partial charge in [0, 0.05) is 18.1 Å². The summed E-state index contributed by atoms with van der Waals surface area (Å²) in [7, 11) is -1.57. The van der Waals surface area contributed by atoms with Crippen LogP contribution in [-0.4, -0.2) is 32.2 Å². The predicted molar refractivity (Wildman–Crippen MR) is 70.6 cm³/mol. The smallest absolute Gasteiger partial charge is 0.216 e. The summed E-state index contributed by atoms with van der Waals surface area (Å²) in [6.45, 7) is 4.06. The number of nitrogens with one attached hydrogen (secondary N) is 2. The average Bonchev–Trinajstić information content (AvgIpc) is 2.79. The third kappa shape index (κ3) is 4.02. The van der Waals surface area contributed by atoms with Crippen LogP contribution in [0.25, 0.3) is 0 Å². The zero-order chi connectivity index (χ0) is 12.9. The van der Waals surface area contributed by atoms with Crippen LogP contribution in [0.5, 0.6) is 0 Å². The van der Waals surface area contributed by atoms with Gasteiger partial charge in [-0.25, -0.2) is 18.1 Å². The Morgan fingerprint density at radius 2 is 2.24 bits per heavy atom. The van der Waals surface area contributed by atoms with E-state index < -0.39 is 15.3 Å². The summed E-state index contributed by atoms with van der Waals surface area (Å²) in [5.41, 5.74) is 0. The van der Waals surface area contributed by atoms with Crippen molar-refractivity contribution in [3.8, 4) is 0 Å². The molecule has 0 aromatic carbocycles. The van der Waals surface area contributed by atoms with E-state index in [2.05, 4.69) is 15.0 Å². The van der Waals surface area contributed by atoms with Crippen LogP contribution >= 0.6 is 11.3 Å². The molecular formula is C10H19N3O2S2. The standard InChI is InChI=1S/C10H19N3O2S2/c1-4-9(10-12-5-6-16-10)13-17(14,15)8(2)7-11-3/h5-6,8-9,11,13H,4,7H2,1-3H3. The van der Waals surface area contributed by atoms with Crippen molar-refractivity contribution in [3.05, 3.63) is 16.6 Å². The summed E-state index contributed by atoms with van der Waals surface area (Å²) in [5.74, 6) is 0. The van der Waals surface area contributed by atoms with Crippen molar-refractivity contribution in [2.75, 3.05) is 13.6 Å². The summed E-state index contributed by atoms with van der Waals surface area (Å²) >= 11 is 1.47. The minimum Gasteiger partial charge on any atom is -0.318 e. The third-order valence-electron chi connectivity index (χ3n) is 2.49. The molecule has 0 spiro atoms. The van der Waals surface area contributed by atoms with Crippen LogP contribution in [0.15, 0.2) is 11.6 Å². The molecular weight excluding hydrogens is 258 g/mol. The van der Waals surface area contributed by atoms with Crippen LogP contribution < -0.4 is 10.0 Å². The Kier molecular flexibility index (Phi) is 5.51. The molecule has 1 aromatic rings. The Labute approximate surface area is 107 Å². The van der Waals surface area contributed by atoms with Crippen molar-refractivity contribution in [2.24, 2.45) is 0 Å². The molecule has 17 heavy (non-hydrogen) atoms. The maximum absolute atomic E-state index is 12.0. The van der Waals surface area contributed by atoms with Crippen LogP contribution in [0, 0.1) is 0 Å². The van der Waals surface area contributed by atoms with E-state index in [0.29, 0.717) is 13.0 Å². The van der Waals surface area contributed by atoms with E-state index in [1.54, 1.807) is 20.2 Å². The molecule has 0 aliphatic carbocycles. The molecule has 0 bridgehead atoms. The van der Waals surface area contributed by atoms with Crippen molar-refractivity contribution in [1.82, 2.24) is 15.0 Å². The van der Waals surface area contributed by atoms with Gasteiger partial charge in [-0.15, -0.1) is 11.3 Å². The normalized spacial score (nSPS) is 15.7. The lowest BCUT2D eigenvalue weighted by Gasteiger charge is -2.18. The maximum Gasteiger partial charge on any atom is 0.216 e. The molecule has 2 unspecified atom stereocenters. The van der Waals surface area contributed by atoms with Gasteiger partial charge < -0.3 is 5.32 Å². The SMILES string of the molecule is CCC(NS(=O)(=O)C(C)CNC)c1nccs1. The van der Waals surface area contributed by atoms with Gasteiger partial charge in [0.15, 0.2) is 0 Å². The molecule has 1 aromatic heterocycles. The van der Waals surface area contributed by atoms with Crippen LogP contribution in [0.2, 0.25) is 0 Å². The number of hydrogen-bond acceptors (Lipinski definition) is 5. The second-order valence-corrected chi connectivity index (χ2v) is 6.92. The van der Waals surface area contributed by atoms with Crippen molar-refractivity contribution < 1.29 is 8.42 Å². The fraction of sp³-hybridized carbons (Fsp3) is 0.700. The molecule has 98 valence electrons. The molecule has 0 saturated carbocycles. The van der Waals surface area contributed by atoms with E-state index in [4.69, 9.17) is 0 Å². The Bertz CT molecular complexity index is 417. The lowest BCUT2D eigenvalue weighted by molar-refractivity contribution is 0.534. The van der Waals surface area contributed by atoms with E-state index in [1.807, 2.05) is 12.3 Å². The molecule has 5 nitrogen and oxygen atoms in total. The van der Waals surface area contributed by atoms with Gasteiger partial charge in [0.2, 0.25) is 10.0 Å². The van der Waals surface area contributed by atoms with Crippen molar-refractivity contribution >= 4 is 21.4 Å². The number of aromatic nitrogens is 1. The number of nitrogens with zero attached hydrogens (tertiary/aromatic N) is 1. The zero-order valence-corrected chi connectivity index (χ0v) is 11.9. The zero-order valence-electron chi connectivity index (χ0n) is 10.3. The fourth-order valence-corrected chi connectivity index (χ4v) is 3.57.